The topological polar surface area (TPSA) is 59.9 Å². The van der Waals surface area contributed by atoms with Crippen LogP contribution in [-0.2, 0) is 0 Å². The zero-order valence-corrected chi connectivity index (χ0v) is 16.5. The smallest absolute Gasteiger partial charge is 0.271 e. The fourth-order valence-corrected chi connectivity index (χ4v) is 2.71. The molecule has 0 aromatic heterocycles. The van der Waals surface area contributed by atoms with Gasteiger partial charge < -0.3 is 9.47 Å². The molecule has 0 saturated heterocycles. The number of nitrogens with one attached hydrogen (secondary N) is 1. The Morgan fingerprint density at radius 2 is 1.48 bits per heavy atom. The third-order valence-electron chi connectivity index (χ3n) is 3.97. The molecule has 0 atom stereocenters. The van der Waals surface area contributed by atoms with Crippen LogP contribution in [0, 0.1) is 0 Å². The van der Waals surface area contributed by atoms with Crippen molar-refractivity contribution in [2.24, 2.45) is 5.10 Å². The first-order chi connectivity index (χ1) is 14.2. The standard InChI is InChI=1S/C23H21ClN2O3/c24-20-12-5-7-14-22(20)29-16-8-15-28-21-13-6-4-11-19(21)17-25-26-23(27)18-9-2-1-3-10-18/h1-7,9-14,17H,8,15-16H2,(H,26,27). The van der Waals surface area contributed by atoms with Crippen LogP contribution in [0.4, 0.5) is 0 Å². The van der Waals surface area contributed by atoms with Gasteiger partial charge in [0.2, 0.25) is 0 Å². The Hall–Kier alpha value is -3.31. The van der Waals surface area contributed by atoms with E-state index in [1.54, 1.807) is 36.5 Å². The Kier molecular flexibility index (Phi) is 7.66. The van der Waals surface area contributed by atoms with E-state index in [1.807, 2.05) is 48.5 Å². The van der Waals surface area contributed by atoms with Crippen LogP contribution in [0.5, 0.6) is 11.5 Å². The van der Waals surface area contributed by atoms with E-state index in [1.165, 1.54) is 0 Å². The Morgan fingerprint density at radius 1 is 0.862 bits per heavy atom. The molecule has 0 radical (unpaired) electrons. The van der Waals surface area contributed by atoms with Crippen molar-refractivity contribution in [3.8, 4) is 11.5 Å². The lowest BCUT2D eigenvalue weighted by molar-refractivity contribution is 0.0955. The van der Waals surface area contributed by atoms with E-state index in [2.05, 4.69) is 10.5 Å². The summed E-state index contributed by atoms with van der Waals surface area (Å²) in [4.78, 5) is 12.0. The summed E-state index contributed by atoms with van der Waals surface area (Å²) in [5.74, 6) is 1.08. The van der Waals surface area contributed by atoms with Crippen molar-refractivity contribution in [2.45, 2.75) is 6.42 Å². The van der Waals surface area contributed by atoms with Crippen LogP contribution in [0.1, 0.15) is 22.3 Å². The Bertz CT molecular complexity index is 961. The van der Waals surface area contributed by atoms with E-state index < -0.39 is 0 Å². The number of rotatable bonds is 9. The quantitative estimate of drug-likeness (QED) is 0.309. The van der Waals surface area contributed by atoms with Gasteiger partial charge in [0.25, 0.3) is 5.91 Å². The molecule has 3 aromatic rings. The first-order valence-corrected chi connectivity index (χ1v) is 9.59. The Balaban J connectivity index is 1.47. The van der Waals surface area contributed by atoms with E-state index >= 15 is 0 Å². The summed E-state index contributed by atoms with van der Waals surface area (Å²) in [5.41, 5.74) is 3.84. The second kappa shape index (κ2) is 10.9. The van der Waals surface area contributed by atoms with Gasteiger partial charge >= 0.3 is 0 Å². The highest BCUT2D eigenvalue weighted by molar-refractivity contribution is 6.32. The molecule has 0 bridgehead atoms. The van der Waals surface area contributed by atoms with Gasteiger partial charge in [0.1, 0.15) is 11.5 Å². The van der Waals surface area contributed by atoms with Crippen molar-refractivity contribution in [1.29, 1.82) is 0 Å². The molecule has 29 heavy (non-hydrogen) atoms. The molecule has 6 heteroatoms. The van der Waals surface area contributed by atoms with Gasteiger partial charge in [-0.3, -0.25) is 4.79 Å². The molecule has 3 rings (SSSR count). The molecule has 0 unspecified atom stereocenters. The summed E-state index contributed by atoms with van der Waals surface area (Å²) in [6, 6.07) is 23.8. The summed E-state index contributed by atoms with van der Waals surface area (Å²) in [5, 5.41) is 4.62. The lowest BCUT2D eigenvalue weighted by atomic mass is 10.2. The Morgan fingerprint density at radius 3 is 2.24 bits per heavy atom. The zero-order chi connectivity index (χ0) is 20.3. The second-order valence-corrected chi connectivity index (χ2v) is 6.49. The molecule has 0 heterocycles. The van der Waals surface area contributed by atoms with Gasteiger partial charge in [0, 0.05) is 17.5 Å². The van der Waals surface area contributed by atoms with Crippen molar-refractivity contribution in [3.63, 3.8) is 0 Å². The number of ether oxygens (including phenoxy) is 2. The summed E-state index contributed by atoms with van der Waals surface area (Å²) < 4.78 is 11.5. The van der Waals surface area contributed by atoms with Crippen molar-refractivity contribution in [1.82, 2.24) is 5.43 Å². The van der Waals surface area contributed by atoms with E-state index in [0.717, 1.165) is 5.56 Å². The minimum Gasteiger partial charge on any atom is -0.493 e. The number of hydrogen-bond donors (Lipinski definition) is 1. The minimum absolute atomic E-state index is 0.267. The number of para-hydroxylation sites is 2. The number of amides is 1. The van der Waals surface area contributed by atoms with E-state index in [0.29, 0.717) is 41.7 Å². The number of nitrogens with zero attached hydrogens (tertiary/aromatic N) is 1. The minimum atomic E-state index is -0.267. The van der Waals surface area contributed by atoms with Crippen molar-refractivity contribution in [3.05, 3.63) is 95.0 Å². The molecule has 5 nitrogen and oxygen atoms in total. The van der Waals surface area contributed by atoms with Gasteiger partial charge in [-0.05, 0) is 36.4 Å². The number of hydrogen-bond acceptors (Lipinski definition) is 4. The highest BCUT2D eigenvalue weighted by Gasteiger charge is 2.04. The van der Waals surface area contributed by atoms with Gasteiger partial charge in [-0.25, -0.2) is 5.43 Å². The zero-order valence-electron chi connectivity index (χ0n) is 15.8. The molecule has 3 aromatic carbocycles. The van der Waals surface area contributed by atoms with Crippen LogP contribution in [0.15, 0.2) is 84.0 Å². The summed E-state index contributed by atoms with van der Waals surface area (Å²) >= 11 is 6.06. The summed E-state index contributed by atoms with van der Waals surface area (Å²) in [6.45, 7) is 0.971. The van der Waals surface area contributed by atoms with Crippen molar-refractivity contribution in [2.75, 3.05) is 13.2 Å². The lowest BCUT2D eigenvalue weighted by Crippen LogP contribution is -2.17. The van der Waals surface area contributed by atoms with Gasteiger partial charge in [-0.2, -0.15) is 5.10 Å². The van der Waals surface area contributed by atoms with Crippen LogP contribution in [0.25, 0.3) is 0 Å². The van der Waals surface area contributed by atoms with Crippen LogP contribution in [0.2, 0.25) is 5.02 Å². The molecule has 0 spiro atoms. The average molecular weight is 409 g/mol. The van der Waals surface area contributed by atoms with Crippen LogP contribution in [-0.4, -0.2) is 25.3 Å². The normalized spacial score (nSPS) is 10.7. The summed E-state index contributed by atoms with van der Waals surface area (Å²) in [7, 11) is 0. The molecular weight excluding hydrogens is 388 g/mol. The van der Waals surface area contributed by atoms with Gasteiger partial charge in [-0.1, -0.05) is 54.1 Å². The predicted molar refractivity (Wildman–Crippen MR) is 115 cm³/mol. The molecule has 0 fully saturated rings. The largest absolute Gasteiger partial charge is 0.493 e. The highest BCUT2D eigenvalue weighted by atomic mass is 35.5. The number of carbonyl (C=O) groups is 1. The fourth-order valence-electron chi connectivity index (χ4n) is 2.52. The van der Waals surface area contributed by atoms with Crippen LogP contribution >= 0.6 is 11.6 Å². The van der Waals surface area contributed by atoms with Crippen molar-refractivity contribution >= 4 is 23.7 Å². The number of hydrazone groups is 1. The second-order valence-electron chi connectivity index (χ2n) is 6.08. The first kappa shape index (κ1) is 20.4. The van der Waals surface area contributed by atoms with Gasteiger partial charge in [0.15, 0.2) is 0 Å². The number of halogens is 1. The van der Waals surface area contributed by atoms with Gasteiger partial charge in [-0.15, -0.1) is 0 Å². The molecular formula is C23H21ClN2O3. The maximum atomic E-state index is 12.0. The van der Waals surface area contributed by atoms with E-state index in [-0.39, 0.29) is 5.91 Å². The maximum absolute atomic E-state index is 12.0. The fraction of sp³-hybridized carbons (Fsp3) is 0.130. The van der Waals surface area contributed by atoms with E-state index in [9.17, 15) is 4.79 Å². The molecule has 0 saturated carbocycles. The lowest BCUT2D eigenvalue weighted by Gasteiger charge is -2.10. The Labute approximate surface area is 174 Å². The SMILES string of the molecule is O=C(NN=Cc1ccccc1OCCCOc1ccccc1Cl)c1ccccc1. The number of benzene rings is 3. The van der Waals surface area contributed by atoms with Gasteiger partial charge in [0.05, 0.1) is 24.5 Å². The highest BCUT2D eigenvalue weighted by Crippen LogP contribution is 2.23. The average Bonchev–Trinajstić information content (AvgIpc) is 2.76. The first-order valence-electron chi connectivity index (χ1n) is 9.21. The molecule has 1 N–H and O–H groups in total. The van der Waals surface area contributed by atoms with Crippen molar-refractivity contribution < 1.29 is 14.3 Å². The van der Waals surface area contributed by atoms with Crippen LogP contribution < -0.4 is 14.9 Å². The van der Waals surface area contributed by atoms with E-state index in [4.69, 9.17) is 21.1 Å². The molecule has 148 valence electrons. The monoisotopic (exact) mass is 408 g/mol. The van der Waals surface area contributed by atoms with Crippen LogP contribution in [0.3, 0.4) is 0 Å². The molecule has 0 aliphatic carbocycles. The molecule has 0 aliphatic rings. The third kappa shape index (κ3) is 6.36. The number of carbonyl (C=O) groups excluding carboxylic acids is 1. The molecule has 1 amide bonds. The summed E-state index contributed by atoms with van der Waals surface area (Å²) in [6.07, 6.45) is 2.26. The maximum Gasteiger partial charge on any atom is 0.271 e. The predicted octanol–water partition coefficient (Wildman–Crippen LogP) is 4.95. The molecule has 0 aliphatic heterocycles. The third-order valence-corrected chi connectivity index (χ3v) is 4.28.